The zero-order valence-corrected chi connectivity index (χ0v) is 15.0. The van der Waals surface area contributed by atoms with Crippen LogP contribution in [0, 0.1) is 11.3 Å². The molecule has 0 amide bonds. The molecule has 1 aliphatic rings. The second-order valence-corrected chi connectivity index (χ2v) is 6.47. The maximum atomic E-state index is 13.1. The number of hydrogen-bond acceptors (Lipinski definition) is 7. The van der Waals surface area contributed by atoms with Gasteiger partial charge in [-0.05, 0) is 30.5 Å². The Balaban J connectivity index is 1.62. The number of rotatable bonds is 4. The van der Waals surface area contributed by atoms with Crippen LogP contribution in [0.3, 0.4) is 0 Å². The standard InChI is InChI=1S/C19H15F3N6O/c20-19(21,22)14-3-1-2-11-6-16(26-9-13(11)14)27-17-10-25-15(7-23)18(28-17)29-12-4-5-24-8-12/h1-3,6,9-10,12,24H,4-5,8H2,(H,26,27,28). The number of halogens is 3. The number of alkyl halides is 3. The number of aromatic nitrogens is 3. The second kappa shape index (κ2) is 7.52. The number of nitrogens with one attached hydrogen (secondary N) is 2. The van der Waals surface area contributed by atoms with Crippen LogP contribution in [0.15, 0.2) is 36.7 Å². The highest BCUT2D eigenvalue weighted by atomic mass is 19.4. The van der Waals surface area contributed by atoms with E-state index in [9.17, 15) is 18.4 Å². The summed E-state index contributed by atoms with van der Waals surface area (Å²) in [5, 5.41) is 15.7. The second-order valence-electron chi connectivity index (χ2n) is 6.47. The molecule has 148 valence electrons. The number of nitriles is 1. The molecule has 2 aromatic heterocycles. The molecular formula is C19H15F3N6O. The Labute approximate surface area is 163 Å². The third-order valence-electron chi connectivity index (χ3n) is 4.47. The number of pyridine rings is 1. The molecule has 7 nitrogen and oxygen atoms in total. The smallest absolute Gasteiger partial charge is 0.417 e. The quantitative estimate of drug-likeness (QED) is 0.693. The predicted octanol–water partition coefficient (Wildman–Crippen LogP) is 3.40. The van der Waals surface area contributed by atoms with Crippen LogP contribution >= 0.6 is 0 Å². The number of fused-ring (bicyclic) bond motifs is 1. The molecule has 3 aromatic rings. The first-order valence-electron chi connectivity index (χ1n) is 8.81. The van der Waals surface area contributed by atoms with Crippen LogP contribution in [0.5, 0.6) is 5.88 Å². The fraction of sp³-hybridized carbons (Fsp3) is 0.263. The van der Waals surface area contributed by atoms with Gasteiger partial charge < -0.3 is 15.4 Å². The Morgan fingerprint density at radius 1 is 1.21 bits per heavy atom. The summed E-state index contributed by atoms with van der Waals surface area (Å²) in [6.07, 6.45) is -1.27. The SMILES string of the molecule is N#Cc1ncc(Nc2cc3cccc(C(F)(F)F)c3cn2)nc1OC1CCNC1. The monoisotopic (exact) mass is 400 g/mol. The van der Waals surface area contributed by atoms with E-state index >= 15 is 0 Å². The number of ether oxygens (including phenoxy) is 1. The molecule has 1 aromatic carbocycles. The third-order valence-corrected chi connectivity index (χ3v) is 4.47. The van der Waals surface area contributed by atoms with Crippen LogP contribution in [0.25, 0.3) is 10.8 Å². The Bertz CT molecular complexity index is 1090. The molecule has 1 saturated heterocycles. The van der Waals surface area contributed by atoms with Gasteiger partial charge >= 0.3 is 6.18 Å². The first kappa shape index (κ1) is 18.9. The van der Waals surface area contributed by atoms with Crippen LogP contribution in [-0.4, -0.2) is 34.1 Å². The summed E-state index contributed by atoms with van der Waals surface area (Å²) >= 11 is 0. The van der Waals surface area contributed by atoms with Gasteiger partial charge in [-0.15, -0.1) is 0 Å². The molecule has 0 spiro atoms. The molecule has 10 heteroatoms. The Kier molecular flexibility index (Phi) is 4.90. The zero-order valence-electron chi connectivity index (χ0n) is 15.0. The normalized spacial score (nSPS) is 16.6. The average Bonchev–Trinajstić information content (AvgIpc) is 3.20. The Morgan fingerprint density at radius 2 is 2.07 bits per heavy atom. The fourth-order valence-electron chi connectivity index (χ4n) is 3.10. The van der Waals surface area contributed by atoms with Gasteiger partial charge in [-0.2, -0.15) is 23.4 Å². The first-order valence-corrected chi connectivity index (χ1v) is 8.81. The number of benzene rings is 1. The molecule has 1 fully saturated rings. The van der Waals surface area contributed by atoms with E-state index in [1.165, 1.54) is 24.5 Å². The fourth-order valence-corrected chi connectivity index (χ4v) is 3.10. The summed E-state index contributed by atoms with van der Waals surface area (Å²) < 4.78 is 45.2. The molecule has 1 atom stereocenters. The van der Waals surface area contributed by atoms with Crippen LogP contribution in [-0.2, 0) is 6.18 Å². The topological polar surface area (TPSA) is 95.8 Å². The van der Waals surface area contributed by atoms with Crippen molar-refractivity contribution in [2.75, 3.05) is 18.4 Å². The lowest BCUT2D eigenvalue weighted by atomic mass is 10.1. The first-order chi connectivity index (χ1) is 13.9. The van der Waals surface area contributed by atoms with Gasteiger partial charge in [0, 0.05) is 18.1 Å². The van der Waals surface area contributed by atoms with E-state index in [1.54, 1.807) is 6.07 Å². The largest absolute Gasteiger partial charge is 0.471 e. The van der Waals surface area contributed by atoms with Crippen molar-refractivity contribution in [1.29, 1.82) is 5.26 Å². The van der Waals surface area contributed by atoms with Crippen molar-refractivity contribution < 1.29 is 17.9 Å². The molecule has 1 unspecified atom stereocenters. The van der Waals surface area contributed by atoms with Gasteiger partial charge in [-0.25, -0.2) is 9.97 Å². The molecule has 0 aliphatic carbocycles. The van der Waals surface area contributed by atoms with Crippen molar-refractivity contribution in [2.24, 2.45) is 0 Å². The van der Waals surface area contributed by atoms with E-state index in [0.717, 1.165) is 19.0 Å². The highest BCUT2D eigenvalue weighted by Crippen LogP contribution is 2.35. The van der Waals surface area contributed by atoms with Gasteiger partial charge in [-0.1, -0.05) is 12.1 Å². The van der Waals surface area contributed by atoms with Crippen LogP contribution in [0.2, 0.25) is 0 Å². The molecule has 0 saturated carbocycles. The summed E-state index contributed by atoms with van der Waals surface area (Å²) in [7, 11) is 0. The van der Waals surface area contributed by atoms with Crippen molar-refractivity contribution >= 4 is 22.4 Å². The van der Waals surface area contributed by atoms with Gasteiger partial charge in [0.25, 0.3) is 5.88 Å². The third kappa shape index (κ3) is 4.05. The molecule has 4 rings (SSSR count). The lowest BCUT2D eigenvalue weighted by molar-refractivity contribution is -0.136. The summed E-state index contributed by atoms with van der Waals surface area (Å²) in [6, 6.07) is 7.36. The van der Waals surface area contributed by atoms with Crippen molar-refractivity contribution in [2.45, 2.75) is 18.7 Å². The lowest BCUT2D eigenvalue weighted by Crippen LogP contribution is -2.21. The highest BCUT2D eigenvalue weighted by molar-refractivity contribution is 5.87. The minimum Gasteiger partial charge on any atom is -0.471 e. The summed E-state index contributed by atoms with van der Waals surface area (Å²) in [5.74, 6) is 0.666. The minimum absolute atomic E-state index is 0.00854. The summed E-state index contributed by atoms with van der Waals surface area (Å²) in [6.45, 7) is 1.47. The number of nitrogens with zero attached hydrogens (tertiary/aromatic N) is 4. The van der Waals surface area contributed by atoms with Gasteiger partial charge in [0.1, 0.15) is 18.0 Å². The maximum Gasteiger partial charge on any atom is 0.417 e. The van der Waals surface area contributed by atoms with E-state index in [-0.39, 0.29) is 28.9 Å². The van der Waals surface area contributed by atoms with Crippen LogP contribution in [0.1, 0.15) is 17.7 Å². The molecular weight excluding hydrogens is 385 g/mol. The molecule has 2 N–H and O–H groups in total. The summed E-state index contributed by atoms with van der Waals surface area (Å²) in [5.41, 5.74) is -0.684. The van der Waals surface area contributed by atoms with E-state index in [1.807, 2.05) is 6.07 Å². The van der Waals surface area contributed by atoms with Gasteiger partial charge in [0.05, 0.1) is 11.8 Å². The molecule has 0 bridgehead atoms. The van der Waals surface area contributed by atoms with Crippen molar-refractivity contribution in [3.8, 4) is 11.9 Å². The van der Waals surface area contributed by atoms with Crippen molar-refractivity contribution in [3.05, 3.63) is 47.9 Å². The van der Waals surface area contributed by atoms with Gasteiger partial charge in [0.15, 0.2) is 5.82 Å². The van der Waals surface area contributed by atoms with Crippen molar-refractivity contribution in [3.63, 3.8) is 0 Å². The predicted molar refractivity (Wildman–Crippen MR) is 98.7 cm³/mol. The van der Waals surface area contributed by atoms with E-state index in [4.69, 9.17) is 4.74 Å². The van der Waals surface area contributed by atoms with Gasteiger partial charge in [0.2, 0.25) is 5.69 Å². The number of anilines is 2. The molecule has 1 aliphatic heterocycles. The van der Waals surface area contributed by atoms with Gasteiger partial charge in [-0.3, -0.25) is 0 Å². The van der Waals surface area contributed by atoms with E-state index < -0.39 is 11.7 Å². The van der Waals surface area contributed by atoms with E-state index in [0.29, 0.717) is 17.7 Å². The van der Waals surface area contributed by atoms with Crippen molar-refractivity contribution in [1.82, 2.24) is 20.3 Å². The Morgan fingerprint density at radius 3 is 2.79 bits per heavy atom. The highest BCUT2D eigenvalue weighted by Gasteiger charge is 2.32. The minimum atomic E-state index is -4.46. The van der Waals surface area contributed by atoms with Crippen LogP contribution in [0.4, 0.5) is 24.8 Å². The zero-order chi connectivity index (χ0) is 20.4. The lowest BCUT2D eigenvalue weighted by Gasteiger charge is -2.14. The maximum absolute atomic E-state index is 13.1. The average molecular weight is 400 g/mol. The van der Waals surface area contributed by atoms with Crippen LogP contribution < -0.4 is 15.4 Å². The molecule has 0 radical (unpaired) electrons. The molecule has 3 heterocycles. The van der Waals surface area contributed by atoms with E-state index in [2.05, 4.69) is 25.6 Å². The Hall–Kier alpha value is -3.45. The summed E-state index contributed by atoms with van der Waals surface area (Å²) in [4.78, 5) is 12.4. The number of hydrogen-bond donors (Lipinski definition) is 2. The molecule has 29 heavy (non-hydrogen) atoms.